The number of carbonyl (C=O) groups excluding carboxylic acids is 2. The smallest absolute Gasteiger partial charge is 0.306 e. The summed E-state index contributed by atoms with van der Waals surface area (Å²) in [6.45, 7) is 5.87. The molecule has 1 atom stereocenters. The summed E-state index contributed by atoms with van der Waals surface area (Å²) in [6, 6.07) is 8.40. The number of carbonyl (C=O) groups is 2. The second kappa shape index (κ2) is 12.7. The zero-order valence-corrected chi connectivity index (χ0v) is 18.5. The maximum atomic E-state index is 11.7. The number of hydrogen-bond acceptors (Lipinski definition) is 4. The monoisotopic (exact) mass is 402 g/mol. The van der Waals surface area contributed by atoms with Crippen LogP contribution in [-0.4, -0.2) is 24.5 Å². The van der Waals surface area contributed by atoms with Crippen LogP contribution in [0.2, 0.25) is 0 Å². The first-order valence-electron chi connectivity index (χ1n) is 11.4. The predicted molar refractivity (Wildman–Crippen MR) is 116 cm³/mol. The molecule has 0 bridgehead atoms. The molecular formula is C25H38O4. The summed E-state index contributed by atoms with van der Waals surface area (Å²) >= 11 is 0. The third kappa shape index (κ3) is 9.01. The van der Waals surface area contributed by atoms with Crippen LogP contribution in [0.4, 0.5) is 0 Å². The van der Waals surface area contributed by atoms with Gasteiger partial charge in [-0.05, 0) is 69.1 Å². The third-order valence-electron chi connectivity index (χ3n) is 5.91. The van der Waals surface area contributed by atoms with Crippen molar-refractivity contribution < 1.29 is 19.1 Å². The Morgan fingerprint density at radius 1 is 1.03 bits per heavy atom. The van der Waals surface area contributed by atoms with Crippen molar-refractivity contribution in [2.45, 2.75) is 97.0 Å². The highest BCUT2D eigenvalue weighted by molar-refractivity contribution is 5.81. The van der Waals surface area contributed by atoms with Gasteiger partial charge in [-0.25, -0.2) is 0 Å². The molecule has 0 N–H and O–H groups in total. The number of Topliss-reactive ketones (excluding diaryl/α,β-unsaturated/α-hetero) is 1. The highest BCUT2D eigenvalue weighted by atomic mass is 16.6. The van der Waals surface area contributed by atoms with E-state index in [9.17, 15) is 9.59 Å². The third-order valence-corrected chi connectivity index (χ3v) is 5.91. The molecule has 0 saturated heterocycles. The van der Waals surface area contributed by atoms with Gasteiger partial charge in [-0.15, -0.1) is 0 Å². The SMILES string of the molecule is CCCCCC1CCC(c2ccc(OCC(C)OC(=O)CCC(C)=O)cc2)CC1. The highest BCUT2D eigenvalue weighted by Crippen LogP contribution is 2.38. The Kier molecular flexibility index (Phi) is 10.2. The number of benzene rings is 1. The molecule has 0 heterocycles. The Morgan fingerprint density at radius 2 is 1.72 bits per heavy atom. The van der Waals surface area contributed by atoms with Crippen LogP contribution >= 0.6 is 0 Å². The van der Waals surface area contributed by atoms with Gasteiger partial charge in [-0.2, -0.15) is 0 Å². The largest absolute Gasteiger partial charge is 0.490 e. The molecule has 4 nitrogen and oxygen atoms in total. The molecule has 1 aromatic carbocycles. The van der Waals surface area contributed by atoms with Gasteiger partial charge >= 0.3 is 5.97 Å². The normalized spacial score (nSPS) is 20.1. The summed E-state index contributed by atoms with van der Waals surface area (Å²) in [5.74, 6) is 2.05. The fraction of sp³-hybridized carbons (Fsp3) is 0.680. The fourth-order valence-corrected chi connectivity index (χ4v) is 4.11. The summed E-state index contributed by atoms with van der Waals surface area (Å²) in [4.78, 5) is 22.6. The van der Waals surface area contributed by atoms with Crippen LogP contribution in [0.5, 0.6) is 5.75 Å². The van der Waals surface area contributed by atoms with E-state index in [1.54, 1.807) is 6.92 Å². The standard InChI is InChI=1S/C25H38O4/c1-4-5-6-7-21-9-11-22(12-10-21)23-13-15-24(16-14-23)28-18-20(3)29-25(27)17-8-19(2)26/h13-16,20-22H,4-12,17-18H2,1-3H3. The van der Waals surface area contributed by atoms with Gasteiger partial charge in [0.2, 0.25) is 0 Å². The van der Waals surface area contributed by atoms with E-state index in [4.69, 9.17) is 9.47 Å². The van der Waals surface area contributed by atoms with E-state index in [1.165, 1.54) is 63.9 Å². The van der Waals surface area contributed by atoms with Crippen LogP contribution in [0.15, 0.2) is 24.3 Å². The summed E-state index contributed by atoms with van der Waals surface area (Å²) in [5.41, 5.74) is 1.41. The van der Waals surface area contributed by atoms with Crippen molar-refractivity contribution in [2.75, 3.05) is 6.61 Å². The van der Waals surface area contributed by atoms with Crippen LogP contribution in [-0.2, 0) is 14.3 Å². The van der Waals surface area contributed by atoms with Gasteiger partial charge in [-0.3, -0.25) is 4.79 Å². The minimum Gasteiger partial charge on any atom is -0.490 e. The molecule has 1 unspecified atom stereocenters. The van der Waals surface area contributed by atoms with Crippen molar-refractivity contribution in [1.29, 1.82) is 0 Å². The first-order chi connectivity index (χ1) is 14.0. The number of ether oxygens (including phenoxy) is 2. The van der Waals surface area contributed by atoms with Crippen molar-refractivity contribution in [3.05, 3.63) is 29.8 Å². The molecule has 0 amide bonds. The molecule has 1 aliphatic rings. The lowest BCUT2D eigenvalue weighted by Crippen LogP contribution is -2.22. The summed E-state index contributed by atoms with van der Waals surface area (Å²) in [6.07, 6.45) is 10.8. The number of ketones is 1. The molecule has 0 radical (unpaired) electrons. The van der Waals surface area contributed by atoms with E-state index in [-0.39, 0.29) is 30.7 Å². The molecule has 2 rings (SSSR count). The minimum absolute atomic E-state index is 0.00378. The molecule has 0 aliphatic heterocycles. The molecule has 162 valence electrons. The Balaban J connectivity index is 1.69. The lowest BCUT2D eigenvalue weighted by molar-refractivity contribution is -0.150. The molecule has 1 saturated carbocycles. The van der Waals surface area contributed by atoms with Crippen molar-refractivity contribution in [1.82, 2.24) is 0 Å². The molecule has 1 fully saturated rings. The van der Waals surface area contributed by atoms with Crippen molar-refractivity contribution in [3.63, 3.8) is 0 Å². The summed E-state index contributed by atoms with van der Waals surface area (Å²) in [5, 5.41) is 0. The Hall–Kier alpha value is -1.84. The zero-order chi connectivity index (χ0) is 21.1. The molecule has 29 heavy (non-hydrogen) atoms. The Bertz CT molecular complexity index is 614. The fourth-order valence-electron chi connectivity index (χ4n) is 4.11. The van der Waals surface area contributed by atoms with E-state index in [1.807, 2.05) is 12.1 Å². The lowest BCUT2D eigenvalue weighted by atomic mass is 9.77. The first-order valence-corrected chi connectivity index (χ1v) is 11.4. The van der Waals surface area contributed by atoms with E-state index in [0.717, 1.165) is 11.7 Å². The predicted octanol–water partition coefficient (Wildman–Crippen LogP) is 6.22. The molecule has 0 aromatic heterocycles. The topological polar surface area (TPSA) is 52.6 Å². The summed E-state index contributed by atoms with van der Waals surface area (Å²) < 4.78 is 11.0. The Labute approximate surface area is 176 Å². The number of unbranched alkanes of at least 4 members (excludes halogenated alkanes) is 2. The first kappa shape index (κ1) is 23.4. The lowest BCUT2D eigenvalue weighted by Gasteiger charge is -2.29. The highest BCUT2D eigenvalue weighted by Gasteiger charge is 2.22. The van der Waals surface area contributed by atoms with Crippen molar-refractivity contribution in [2.24, 2.45) is 5.92 Å². The Morgan fingerprint density at radius 3 is 2.34 bits per heavy atom. The van der Waals surface area contributed by atoms with Crippen molar-refractivity contribution >= 4 is 11.8 Å². The van der Waals surface area contributed by atoms with E-state index in [2.05, 4.69) is 19.1 Å². The van der Waals surface area contributed by atoms with Gasteiger partial charge in [-0.1, -0.05) is 44.7 Å². The van der Waals surface area contributed by atoms with E-state index < -0.39 is 0 Å². The average molecular weight is 403 g/mol. The molecular weight excluding hydrogens is 364 g/mol. The second-order valence-corrected chi connectivity index (χ2v) is 8.60. The zero-order valence-electron chi connectivity index (χ0n) is 18.5. The van der Waals surface area contributed by atoms with E-state index >= 15 is 0 Å². The summed E-state index contributed by atoms with van der Waals surface area (Å²) in [7, 11) is 0. The molecule has 4 heteroatoms. The second-order valence-electron chi connectivity index (χ2n) is 8.60. The average Bonchev–Trinajstić information content (AvgIpc) is 2.72. The van der Waals surface area contributed by atoms with Gasteiger partial charge in [0.05, 0.1) is 6.42 Å². The van der Waals surface area contributed by atoms with Crippen LogP contribution in [0, 0.1) is 5.92 Å². The van der Waals surface area contributed by atoms with Crippen LogP contribution < -0.4 is 4.74 Å². The molecule has 1 aromatic rings. The quantitative estimate of drug-likeness (QED) is 0.308. The van der Waals surface area contributed by atoms with Gasteiger partial charge in [0, 0.05) is 6.42 Å². The van der Waals surface area contributed by atoms with Crippen LogP contribution in [0.25, 0.3) is 0 Å². The van der Waals surface area contributed by atoms with Crippen LogP contribution in [0.1, 0.15) is 96.5 Å². The molecule has 1 aliphatic carbocycles. The van der Waals surface area contributed by atoms with Gasteiger partial charge in [0.15, 0.2) is 0 Å². The number of rotatable bonds is 12. The number of esters is 1. The van der Waals surface area contributed by atoms with E-state index in [0.29, 0.717) is 12.5 Å². The van der Waals surface area contributed by atoms with Crippen LogP contribution in [0.3, 0.4) is 0 Å². The minimum atomic E-state index is -0.350. The molecule has 0 spiro atoms. The van der Waals surface area contributed by atoms with Crippen molar-refractivity contribution in [3.8, 4) is 5.75 Å². The maximum Gasteiger partial charge on any atom is 0.306 e. The van der Waals surface area contributed by atoms with Gasteiger partial charge in [0.1, 0.15) is 24.2 Å². The number of hydrogen-bond donors (Lipinski definition) is 0. The maximum absolute atomic E-state index is 11.7. The van der Waals surface area contributed by atoms with Gasteiger partial charge < -0.3 is 14.3 Å². The van der Waals surface area contributed by atoms with Gasteiger partial charge in [0.25, 0.3) is 0 Å².